The molecule has 2 heterocycles. The molecule has 14 heavy (non-hydrogen) atoms. The minimum Gasteiger partial charge on any atom is -0.337 e. The molecule has 0 atom stereocenters. The average molecular weight is 195 g/mol. The molecule has 0 aromatic rings. The van der Waals surface area contributed by atoms with E-state index in [9.17, 15) is 9.59 Å². The Bertz CT molecular complexity index is 319. The fraction of sp³-hybridized carbons (Fsp3) is 0.286. The van der Waals surface area contributed by atoms with Crippen molar-refractivity contribution in [3.05, 3.63) is 0 Å². The normalized spacial score (nSPS) is 18.4. The molecule has 1 fully saturated rings. The number of likely N-dealkylation sites (N-methyl/N-ethyl adjacent to an activating group) is 1. The molecule has 0 aromatic heterocycles. The van der Waals surface area contributed by atoms with Gasteiger partial charge in [0.15, 0.2) is 5.96 Å². The van der Waals surface area contributed by atoms with Crippen LogP contribution in [-0.2, 0) is 9.59 Å². The number of nitrogens with zero attached hydrogens (tertiary/aromatic N) is 3. The number of carbonyl (C=O) groups excluding carboxylic acids is 2. The van der Waals surface area contributed by atoms with E-state index in [2.05, 4.69) is 15.3 Å². The molecule has 2 amide bonds. The number of aliphatic imine (C=N–C) groups is 2. The Morgan fingerprint density at radius 1 is 1.57 bits per heavy atom. The van der Waals surface area contributed by atoms with Crippen molar-refractivity contribution >= 4 is 30.3 Å². The molecular weight excluding hydrogens is 186 g/mol. The minimum atomic E-state index is -0.269. The highest BCUT2D eigenvalue weighted by Crippen LogP contribution is 1.89. The van der Waals surface area contributed by atoms with Crippen molar-refractivity contribution < 1.29 is 9.59 Å². The van der Waals surface area contributed by atoms with Crippen LogP contribution in [0, 0.1) is 5.41 Å². The molecule has 0 spiro atoms. The zero-order chi connectivity index (χ0) is 10.6. The summed E-state index contributed by atoms with van der Waals surface area (Å²) in [7, 11) is 1.69. The smallest absolute Gasteiger partial charge is 0.289 e. The van der Waals surface area contributed by atoms with Gasteiger partial charge in [0.1, 0.15) is 6.34 Å². The first-order valence-electron chi connectivity index (χ1n) is 3.79. The molecule has 0 radical (unpaired) electrons. The molecule has 74 valence electrons. The highest BCUT2D eigenvalue weighted by atomic mass is 16.2. The van der Waals surface area contributed by atoms with Gasteiger partial charge in [-0.15, -0.1) is 0 Å². The lowest BCUT2D eigenvalue weighted by Crippen LogP contribution is -2.25. The average Bonchev–Trinajstić information content (AvgIpc) is 2.65. The third-order valence-electron chi connectivity index (χ3n) is 1.46. The summed E-state index contributed by atoms with van der Waals surface area (Å²) in [4.78, 5) is 28.5. The largest absolute Gasteiger partial charge is 0.337 e. The van der Waals surface area contributed by atoms with Gasteiger partial charge >= 0.3 is 0 Å². The number of hydrogen-bond acceptors (Lipinski definition) is 4. The molecule has 2 rings (SSSR count). The van der Waals surface area contributed by atoms with Crippen LogP contribution in [0.1, 0.15) is 0 Å². The summed E-state index contributed by atoms with van der Waals surface area (Å²) in [6.07, 6.45) is 2.39. The summed E-state index contributed by atoms with van der Waals surface area (Å²) in [5, 5.41) is 9.32. The lowest BCUT2D eigenvalue weighted by molar-refractivity contribution is -0.118. The van der Waals surface area contributed by atoms with Gasteiger partial charge in [-0.05, 0) is 0 Å². The highest BCUT2D eigenvalue weighted by molar-refractivity contribution is 6.32. The summed E-state index contributed by atoms with van der Waals surface area (Å²) >= 11 is 0. The maximum atomic E-state index is 10.4. The van der Waals surface area contributed by atoms with Gasteiger partial charge in [-0.25, -0.2) is 4.99 Å². The summed E-state index contributed by atoms with van der Waals surface area (Å²) in [6, 6.07) is 0. The van der Waals surface area contributed by atoms with Crippen LogP contribution in [0.5, 0.6) is 0 Å². The van der Waals surface area contributed by atoms with E-state index in [0.29, 0.717) is 6.54 Å². The van der Waals surface area contributed by atoms with Crippen molar-refractivity contribution in [2.24, 2.45) is 9.98 Å². The van der Waals surface area contributed by atoms with E-state index in [1.54, 1.807) is 11.9 Å². The summed E-state index contributed by atoms with van der Waals surface area (Å²) in [6.45, 7) is 0.318. The van der Waals surface area contributed by atoms with E-state index in [1.807, 2.05) is 0 Å². The maximum Gasteiger partial charge on any atom is 0.289 e. The second-order valence-electron chi connectivity index (χ2n) is 2.61. The Balaban J connectivity index is 0.000000146. The number of guanidine groups is 1. The van der Waals surface area contributed by atoms with E-state index in [-0.39, 0.29) is 17.8 Å². The van der Waals surface area contributed by atoms with Crippen LogP contribution in [0.25, 0.3) is 0 Å². The summed E-state index contributed by atoms with van der Waals surface area (Å²) in [5.41, 5.74) is 0. The van der Waals surface area contributed by atoms with Crippen LogP contribution in [0.3, 0.4) is 0 Å². The van der Waals surface area contributed by atoms with E-state index >= 15 is 0 Å². The lowest BCUT2D eigenvalue weighted by Gasteiger charge is -2.03. The zero-order valence-corrected chi connectivity index (χ0v) is 7.52. The summed E-state index contributed by atoms with van der Waals surface area (Å²) in [5.74, 6) is -0.178. The fourth-order valence-electron chi connectivity index (χ4n) is 0.782. The van der Waals surface area contributed by atoms with Crippen molar-refractivity contribution in [1.29, 1.82) is 5.41 Å². The monoisotopic (exact) mass is 195 g/mol. The molecule has 2 aliphatic heterocycles. The zero-order valence-electron chi connectivity index (χ0n) is 7.52. The standard InChI is InChI=1S/C4H7N3O.C3H2N2O/c1-7-2-3(8)6-4(7)5;6-3-1-4-2-5-3/h2H2,1H3,(H2,5,6,8);1-2H. The fourth-order valence-corrected chi connectivity index (χ4v) is 0.782. The first kappa shape index (κ1) is 10.0. The van der Waals surface area contributed by atoms with Crippen molar-refractivity contribution in [2.75, 3.05) is 13.6 Å². The predicted molar refractivity (Wildman–Crippen MR) is 50.5 cm³/mol. The maximum absolute atomic E-state index is 10.4. The van der Waals surface area contributed by atoms with Crippen molar-refractivity contribution in [2.45, 2.75) is 0 Å². The topological polar surface area (TPSA) is 98.0 Å². The van der Waals surface area contributed by atoms with Crippen molar-refractivity contribution in [3.8, 4) is 0 Å². The second-order valence-corrected chi connectivity index (χ2v) is 2.61. The van der Waals surface area contributed by atoms with Gasteiger partial charge in [0, 0.05) is 7.05 Å². The molecule has 7 nitrogen and oxygen atoms in total. The molecule has 1 saturated heterocycles. The van der Waals surface area contributed by atoms with Crippen LogP contribution in [0.15, 0.2) is 9.98 Å². The first-order valence-corrected chi connectivity index (χ1v) is 3.79. The van der Waals surface area contributed by atoms with Gasteiger partial charge in [-0.3, -0.25) is 20.3 Å². The summed E-state index contributed by atoms with van der Waals surface area (Å²) < 4.78 is 0. The van der Waals surface area contributed by atoms with Crippen molar-refractivity contribution in [3.63, 3.8) is 0 Å². The van der Waals surface area contributed by atoms with Crippen LogP contribution in [-0.4, -0.2) is 48.8 Å². The van der Waals surface area contributed by atoms with Gasteiger partial charge in [0.2, 0.25) is 5.91 Å². The van der Waals surface area contributed by atoms with E-state index in [4.69, 9.17) is 5.41 Å². The Morgan fingerprint density at radius 2 is 2.29 bits per heavy atom. The van der Waals surface area contributed by atoms with Crippen LogP contribution >= 0.6 is 0 Å². The van der Waals surface area contributed by atoms with Crippen LogP contribution < -0.4 is 5.32 Å². The highest BCUT2D eigenvalue weighted by Gasteiger charge is 2.18. The number of rotatable bonds is 0. The molecule has 0 saturated carbocycles. The van der Waals surface area contributed by atoms with Gasteiger partial charge < -0.3 is 4.90 Å². The minimum absolute atomic E-state index is 0.0995. The van der Waals surface area contributed by atoms with E-state index in [0.717, 1.165) is 0 Å². The number of carbonyl (C=O) groups is 2. The SMILES string of the molecule is CN1CC(=O)NC1=N.O=C1C=NC=N1. The molecule has 0 unspecified atom stereocenters. The Hall–Kier alpha value is -2.05. The van der Waals surface area contributed by atoms with Crippen LogP contribution in [0.2, 0.25) is 0 Å². The van der Waals surface area contributed by atoms with E-state index < -0.39 is 0 Å². The number of hydrogen-bond donors (Lipinski definition) is 2. The number of nitrogens with one attached hydrogen (secondary N) is 2. The van der Waals surface area contributed by atoms with Gasteiger partial charge in [-0.2, -0.15) is 4.99 Å². The van der Waals surface area contributed by atoms with Gasteiger partial charge in [0.05, 0.1) is 12.8 Å². The molecular formula is C7H9N5O2. The quantitative estimate of drug-likeness (QED) is 0.497. The van der Waals surface area contributed by atoms with Crippen LogP contribution in [0.4, 0.5) is 0 Å². The first-order chi connectivity index (χ1) is 6.59. The second kappa shape index (κ2) is 4.26. The molecule has 7 heteroatoms. The Kier molecular flexibility index (Phi) is 3.05. The molecule has 0 bridgehead atoms. The molecule has 0 aliphatic carbocycles. The third kappa shape index (κ3) is 2.77. The number of amides is 2. The van der Waals surface area contributed by atoms with E-state index in [1.165, 1.54) is 12.6 Å². The van der Waals surface area contributed by atoms with Crippen molar-refractivity contribution in [1.82, 2.24) is 10.2 Å². The lowest BCUT2D eigenvalue weighted by atomic mass is 10.6. The molecule has 0 aromatic carbocycles. The van der Waals surface area contributed by atoms with Gasteiger partial charge in [0.25, 0.3) is 5.91 Å². The predicted octanol–water partition coefficient (Wildman–Crippen LogP) is -1.39. The third-order valence-corrected chi connectivity index (χ3v) is 1.46. The Morgan fingerprint density at radius 3 is 2.43 bits per heavy atom. The molecule has 2 N–H and O–H groups in total. The Labute approximate surface area is 80.0 Å². The van der Waals surface area contributed by atoms with Gasteiger partial charge in [-0.1, -0.05) is 0 Å². The molecule has 2 aliphatic rings.